The third kappa shape index (κ3) is 3.15. The lowest BCUT2D eigenvalue weighted by molar-refractivity contribution is 0.0255. The summed E-state index contributed by atoms with van der Waals surface area (Å²) in [7, 11) is 0. The molecule has 1 aromatic rings. The van der Waals surface area contributed by atoms with Crippen molar-refractivity contribution < 1.29 is 9.47 Å². The van der Waals surface area contributed by atoms with E-state index in [2.05, 4.69) is 18.2 Å². The summed E-state index contributed by atoms with van der Waals surface area (Å²) in [6, 6.07) is 8.43. The fourth-order valence-corrected chi connectivity index (χ4v) is 3.34. The van der Waals surface area contributed by atoms with Gasteiger partial charge in [0, 0.05) is 18.4 Å². The van der Waals surface area contributed by atoms with Gasteiger partial charge < -0.3 is 15.2 Å². The van der Waals surface area contributed by atoms with Crippen molar-refractivity contribution in [2.75, 3.05) is 13.2 Å². The molecule has 0 unspecified atom stereocenters. The molecule has 2 aliphatic rings. The highest BCUT2D eigenvalue weighted by atomic mass is 16.5. The Morgan fingerprint density at radius 3 is 2.60 bits per heavy atom. The fourth-order valence-electron chi connectivity index (χ4n) is 3.34. The van der Waals surface area contributed by atoms with Crippen LogP contribution in [0.1, 0.15) is 50.5 Å². The number of nitrogens with two attached hydrogens (primary N) is 1. The molecular weight excluding hydrogens is 250 g/mol. The van der Waals surface area contributed by atoms with E-state index in [4.69, 9.17) is 15.2 Å². The molecule has 0 radical (unpaired) electrons. The number of rotatable bonds is 3. The predicted octanol–water partition coefficient (Wildman–Crippen LogP) is 3.36. The Balaban J connectivity index is 1.71. The molecule has 1 saturated heterocycles. The van der Waals surface area contributed by atoms with Gasteiger partial charge >= 0.3 is 0 Å². The van der Waals surface area contributed by atoms with E-state index >= 15 is 0 Å². The van der Waals surface area contributed by atoms with Gasteiger partial charge in [-0.15, -0.1) is 0 Å². The number of ether oxygens (including phenoxy) is 2. The van der Waals surface area contributed by atoms with E-state index in [9.17, 15) is 0 Å². The molecule has 1 aromatic carbocycles. The Morgan fingerprint density at radius 2 is 1.85 bits per heavy atom. The van der Waals surface area contributed by atoms with Crippen molar-refractivity contribution in [2.45, 2.75) is 56.6 Å². The van der Waals surface area contributed by atoms with E-state index in [1.165, 1.54) is 24.8 Å². The van der Waals surface area contributed by atoms with Crippen molar-refractivity contribution in [3.8, 4) is 5.75 Å². The van der Waals surface area contributed by atoms with Gasteiger partial charge in [0.2, 0.25) is 0 Å². The molecule has 0 bridgehead atoms. The van der Waals surface area contributed by atoms with Crippen LogP contribution in [-0.4, -0.2) is 19.3 Å². The average Bonchev–Trinajstić information content (AvgIpc) is 2.49. The summed E-state index contributed by atoms with van der Waals surface area (Å²) in [4.78, 5) is 0. The van der Waals surface area contributed by atoms with Gasteiger partial charge in [-0.3, -0.25) is 0 Å². The highest BCUT2D eigenvalue weighted by molar-refractivity contribution is 5.33. The molecule has 3 rings (SSSR count). The van der Waals surface area contributed by atoms with E-state index in [1.54, 1.807) is 0 Å². The minimum absolute atomic E-state index is 0.146. The molecule has 1 saturated carbocycles. The summed E-state index contributed by atoms with van der Waals surface area (Å²) in [5, 5.41) is 0. The molecule has 3 nitrogen and oxygen atoms in total. The summed E-state index contributed by atoms with van der Waals surface area (Å²) in [5.41, 5.74) is 7.70. The first-order chi connectivity index (χ1) is 9.76. The van der Waals surface area contributed by atoms with Crippen LogP contribution in [0.15, 0.2) is 24.3 Å². The van der Waals surface area contributed by atoms with E-state index in [0.29, 0.717) is 6.10 Å². The maximum absolute atomic E-state index is 6.61. The van der Waals surface area contributed by atoms with E-state index in [-0.39, 0.29) is 5.54 Å². The first-order valence-electron chi connectivity index (χ1n) is 7.90. The normalized spacial score (nSPS) is 23.4. The summed E-state index contributed by atoms with van der Waals surface area (Å²) in [6.45, 7) is 1.62. The highest BCUT2D eigenvalue weighted by Crippen LogP contribution is 2.36. The van der Waals surface area contributed by atoms with Crippen LogP contribution in [0.3, 0.4) is 0 Å². The van der Waals surface area contributed by atoms with Gasteiger partial charge in [-0.2, -0.15) is 0 Å². The van der Waals surface area contributed by atoms with Crippen LogP contribution in [0, 0.1) is 0 Å². The molecular formula is C17H25NO2. The quantitative estimate of drug-likeness (QED) is 0.920. The second-order valence-electron chi connectivity index (χ2n) is 6.17. The van der Waals surface area contributed by atoms with Gasteiger partial charge in [-0.05, 0) is 30.5 Å². The standard InChI is InChI=1S/C17H25NO2/c18-17(9-2-1-3-10-17)14-5-4-6-16(13-14)20-15-7-11-19-12-8-15/h4-6,13,15H,1-3,7-12,18H2. The number of benzene rings is 1. The monoisotopic (exact) mass is 275 g/mol. The summed E-state index contributed by atoms with van der Waals surface area (Å²) < 4.78 is 11.5. The van der Waals surface area contributed by atoms with Gasteiger partial charge in [-0.25, -0.2) is 0 Å². The Morgan fingerprint density at radius 1 is 1.10 bits per heavy atom. The molecule has 0 spiro atoms. The van der Waals surface area contributed by atoms with E-state index in [0.717, 1.165) is 44.6 Å². The molecule has 1 aliphatic heterocycles. The molecule has 20 heavy (non-hydrogen) atoms. The second-order valence-corrected chi connectivity index (χ2v) is 6.17. The first kappa shape index (κ1) is 13.9. The Hall–Kier alpha value is -1.06. The third-order valence-electron chi connectivity index (χ3n) is 4.63. The fraction of sp³-hybridized carbons (Fsp3) is 0.647. The van der Waals surface area contributed by atoms with E-state index < -0.39 is 0 Å². The van der Waals surface area contributed by atoms with Crippen LogP contribution >= 0.6 is 0 Å². The predicted molar refractivity (Wildman–Crippen MR) is 79.9 cm³/mol. The number of hydrogen-bond acceptors (Lipinski definition) is 3. The molecule has 110 valence electrons. The van der Waals surface area contributed by atoms with Crippen LogP contribution in [-0.2, 0) is 10.3 Å². The topological polar surface area (TPSA) is 44.5 Å². The van der Waals surface area contributed by atoms with Crippen LogP contribution in [0.25, 0.3) is 0 Å². The maximum atomic E-state index is 6.61. The molecule has 2 N–H and O–H groups in total. The lowest BCUT2D eigenvalue weighted by Crippen LogP contribution is -2.38. The Bertz CT molecular complexity index is 434. The minimum atomic E-state index is -0.146. The lowest BCUT2D eigenvalue weighted by atomic mass is 9.77. The number of hydrogen-bond donors (Lipinski definition) is 1. The van der Waals surface area contributed by atoms with Crippen molar-refractivity contribution in [1.82, 2.24) is 0 Å². The van der Waals surface area contributed by atoms with Gasteiger partial charge in [0.15, 0.2) is 0 Å². The second kappa shape index (κ2) is 6.15. The Kier molecular flexibility index (Phi) is 4.27. The van der Waals surface area contributed by atoms with Crippen LogP contribution in [0.2, 0.25) is 0 Å². The maximum Gasteiger partial charge on any atom is 0.120 e. The van der Waals surface area contributed by atoms with Gasteiger partial charge in [0.1, 0.15) is 11.9 Å². The van der Waals surface area contributed by atoms with Gasteiger partial charge in [0.25, 0.3) is 0 Å². The zero-order valence-corrected chi connectivity index (χ0v) is 12.1. The Labute approximate surface area is 121 Å². The third-order valence-corrected chi connectivity index (χ3v) is 4.63. The largest absolute Gasteiger partial charge is 0.490 e. The van der Waals surface area contributed by atoms with Crippen molar-refractivity contribution in [3.63, 3.8) is 0 Å². The zero-order chi connectivity index (χ0) is 13.8. The van der Waals surface area contributed by atoms with Crippen LogP contribution < -0.4 is 10.5 Å². The van der Waals surface area contributed by atoms with Crippen molar-refractivity contribution >= 4 is 0 Å². The van der Waals surface area contributed by atoms with E-state index in [1.807, 2.05) is 6.07 Å². The average molecular weight is 275 g/mol. The molecule has 2 fully saturated rings. The van der Waals surface area contributed by atoms with Crippen molar-refractivity contribution in [3.05, 3.63) is 29.8 Å². The zero-order valence-electron chi connectivity index (χ0n) is 12.1. The SMILES string of the molecule is NC1(c2cccc(OC3CCOCC3)c2)CCCCC1. The lowest BCUT2D eigenvalue weighted by Gasteiger charge is -2.34. The first-order valence-corrected chi connectivity index (χ1v) is 7.90. The summed E-state index contributed by atoms with van der Waals surface area (Å²) in [5.74, 6) is 0.963. The summed E-state index contributed by atoms with van der Waals surface area (Å²) in [6.07, 6.45) is 8.23. The minimum Gasteiger partial charge on any atom is -0.490 e. The highest BCUT2D eigenvalue weighted by Gasteiger charge is 2.29. The van der Waals surface area contributed by atoms with Crippen molar-refractivity contribution in [2.24, 2.45) is 5.73 Å². The molecule has 0 aromatic heterocycles. The van der Waals surface area contributed by atoms with Gasteiger partial charge in [0.05, 0.1) is 13.2 Å². The van der Waals surface area contributed by atoms with Crippen molar-refractivity contribution in [1.29, 1.82) is 0 Å². The smallest absolute Gasteiger partial charge is 0.120 e. The molecule has 1 heterocycles. The van der Waals surface area contributed by atoms with Gasteiger partial charge in [-0.1, -0.05) is 31.4 Å². The molecule has 0 atom stereocenters. The molecule has 3 heteroatoms. The molecule has 1 aliphatic carbocycles. The van der Waals surface area contributed by atoms with Crippen LogP contribution in [0.5, 0.6) is 5.75 Å². The summed E-state index contributed by atoms with van der Waals surface area (Å²) >= 11 is 0. The van der Waals surface area contributed by atoms with Crippen LogP contribution in [0.4, 0.5) is 0 Å². The molecule has 0 amide bonds.